The smallest absolute Gasteiger partial charge is 0.191 e. The van der Waals surface area contributed by atoms with Crippen LogP contribution in [-0.4, -0.2) is 35.7 Å². The van der Waals surface area contributed by atoms with Crippen molar-refractivity contribution in [1.82, 2.24) is 14.8 Å². The number of nitrogens with zero attached hydrogens (tertiary/aromatic N) is 3. The van der Waals surface area contributed by atoms with E-state index >= 15 is 0 Å². The highest BCUT2D eigenvalue weighted by molar-refractivity contribution is 7.98. The van der Waals surface area contributed by atoms with E-state index in [4.69, 9.17) is 11.6 Å². The second-order valence-electron chi connectivity index (χ2n) is 5.11. The van der Waals surface area contributed by atoms with Crippen LogP contribution >= 0.6 is 23.4 Å². The molecule has 0 saturated carbocycles. The van der Waals surface area contributed by atoms with Crippen LogP contribution in [0, 0.1) is 0 Å². The molecule has 5 nitrogen and oxygen atoms in total. The van der Waals surface area contributed by atoms with Crippen LogP contribution in [0.2, 0.25) is 5.02 Å². The van der Waals surface area contributed by atoms with Crippen molar-refractivity contribution in [3.8, 4) is 17.1 Å². The van der Waals surface area contributed by atoms with Gasteiger partial charge in [0.1, 0.15) is 0 Å². The SMILES string of the molecule is CSc1nc(-c2ccc(Cl)cc2)nn1-c1ccc(S(C)(=O)=O)cc1. The van der Waals surface area contributed by atoms with Crippen LogP contribution in [0.1, 0.15) is 0 Å². The maximum absolute atomic E-state index is 11.6. The van der Waals surface area contributed by atoms with Gasteiger partial charge in [-0.1, -0.05) is 23.4 Å². The number of benzene rings is 2. The summed E-state index contributed by atoms with van der Waals surface area (Å²) in [6, 6.07) is 13.9. The molecule has 0 aliphatic rings. The highest BCUT2D eigenvalue weighted by Gasteiger charge is 2.13. The van der Waals surface area contributed by atoms with E-state index in [-0.39, 0.29) is 4.90 Å². The summed E-state index contributed by atoms with van der Waals surface area (Å²) in [4.78, 5) is 4.80. The summed E-state index contributed by atoms with van der Waals surface area (Å²) in [5.41, 5.74) is 1.61. The molecular weight excluding hydrogens is 366 g/mol. The lowest BCUT2D eigenvalue weighted by molar-refractivity contribution is 0.602. The van der Waals surface area contributed by atoms with Crippen LogP contribution in [0.15, 0.2) is 58.6 Å². The van der Waals surface area contributed by atoms with E-state index in [0.717, 1.165) is 11.3 Å². The third-order valence-electron chi connectivity index (χ3n) is 3.37. The number of hydrogen-bond acceptors (Lipinski definition) is 5. The molecule has 0 saturated heterocycles. The van der Waals surface area contributed by atoms with Crippen molar-refractivity contribution in [2.75, 3.05) is 12.5 Å². The van der Waals surface area contributed by atoms with Crippen molar-refractivity contribution in [3.63, 3.8) is 0 Å². The minimum absolute atomic E-state index is 0.273. The number of sulfone groups is 1. The zero-order valence-electron chi connectivity index (χ0n) is 13.0. The number of halogens is 1. The molecule has 0 N–H and O–H groups in total. The maximum Gasteiger partial charge on any atom is 0.191 e. The predicted octanol–water partition coefficient (Wildman–Crippen LogP) is 3.71. The van der Waals surface area contributed by atoms with Crippen LogP contribution in [0.5, 0.6) is 0 Å². The van der Waals surface area contributed by atoms with Crippen molar-refractivity contribution in [2.45, 2.75) is 10.1 Å². The second-order valence-corrected chi connectivity index (χ2v) is 8.33. The van der Waals surface area contributed by atoms with Crippen LogP contribution < -0.4 is 0 Å². The van der Waals surface area contributed by atoms with Gasteiger partial charge in [0.15, 0.2) is 20.8 Å². The molecule has 3 rings (SSSR count). The molecule has 1 aromatic heterocycles. The molecule has 0 unspecified atom stereocenters. The van der Waals surface area contributed by atoms with Gasteiger partial charge >= 0.3 is 0 Å². The van der Waals surface area contributed by atoms with Crippen molar-refractivity contribution >= 4 is 33.2 Å². The summed E-state index contributed by atoms with van der Waals surface area (Å²) >= 11 is 7.37. The maximum atomic E-state index is 11.6. The second kappa shape index (κ2) is 6.58. The molecule has 0 aliphatic heterocycles. The van der Waals surface area contributed by atoms with Gasteiger partial charge in [0.25, 0.3) is 0 Å². The molecule has 3 aromatic rings. The normalized spacial score (nSPS) is 11.6. The summed E-state index contributed by atoms with van der Waals surface area (Å²) < 4.78 is 24.8. The fourth-order valence-corrected chi connectivity index (χ4v) is 3.41. The third-order valence-corrected chi connectivity index (χ3v) is 5.38. The Bertz CT molecular complexity index is 966. The Labute approximate surface area is 149 Å². The van der Waals surface area contributed by atoms with E-state index in [0.29, 0.717) is 16.0 Å². The van der Waals surface area contributed by atoms with Gasteiger partial charge in [-0.3, -0.25) is 0 Å². The highest BCUT2D eigenvalue weighted by Crippen LogP contribution is 2.24. The minimum Gasteiger partial charge on any atom is -0.224 e. The third kappa shape index (κ3) is 3.48. The molecule has 24 heavy (non-hydrogen) atoms. The standard InChI is InChI=1S/C16H14ClN3O2S2/c1-23-16-18-15(11-3-5-12(17)6-4-11)19-20(16)13-7-9-14(10-8-13)24(2,21)22/h3-10H,1-2H3. The van der Waals surface area contributed by atoms with E-state index in [2.05, 4.69) is 10.1 Å². The molecule has 0 radical (unpaired) electrons. The quantitative estimate of drug-likeness (QED) is 0.646. The van der Waals surface area contributed by atoms with Crippen LogP contribution in [-0.2, 0) is 9.84 Å². The summed E-state index contributed by atoms with van der Waals surface area (Å²) in [6.07, 6.45) is 3.10. The van der Waals surface area contributed by atoms with Crippen molar-refractivity contribution < 1.29 is 8.42 Å². The molecule has 0 spiro atoms. The first-order chi connectivity index (χ1) is 11.4. The average molecular weight is 380 g/mol. The van der Waals surface area contributed by atoms with Gasteiger partial charge in [-0.15, -0.1) is 5.10 Å². The van der Waals surface area contributed by atoms with E-state index in [9.17, 15) is 8.42 Å². The molecule has 1 heterocycles. The number of rotatable bonds is 4. The first kappa shape index (κ1) is 17.0. The van der Waals surface area contributed by atoms with Gasteiger partial charge in [0, 0.05) is 16.8 Å². The minimum atomic E-state index is -3.22. The molecule has 8 heteroatoms. The molecule has 0 fully saturated rings. The monoisotopic (exact) mass is 379 g/mol. The van der Waals surface area contributed by atoms with Crippen molar-refractivity contribution in [2.24, 2.45) is 0 Å². The molecule has 0 atom stereocenters. The van der Waals surface area contributed by atoms with Gasteiger partial charge in [0.05, 0.1) is 10.6 Å². The lowest BCUT2D eigenvalue weighted by Gasteiger charge is -2.04. The Morgan fingerprint density at radius 1 is 1.04 bits per heavy atom. The van der Waals surface area contributed by atoms with Crippen LogP contribution in [0.25, 0.3) is 17.1 Å². The van der Waals surface area contributed by atoms with Crippen LogP contribution in [0.4, 0.5) is 0 Å². The lowest BCUT2D eigenvalue weighted by Crippen LogP contribution is -2.01. The Balaban J connectivity index is 2.03. The topological polar surface area (TPSA) is 64.8 Å². The fourth-order valence-electron chi connectivity index (χ4n) is 2.15. The predicted molar refractivity (Wildman–Crippen MR) is 96.7 cm³/mol. The van der Waals surface area contributed by atoms with E-state index < -0.39 is 9.84 Å². The molecule has 0 bridgehead atoms. The highest BCUT2D eigenvalue weighted by atomic mass is 35.5. The number of aromatic nitrogens is 3. The Hall–Kier alpha value is -1.83. The summed E-state index contributed by atoms with van der Waals surface area (Å²) in [5, 5.41) is 5.90. The van der Waals surface area contributed by atoms with Crippen LogP contribution in [0.3, 0.4) is 0 Å². The first-order valence-corrected chi connectivity index (χ1v) is 10.5. The van der Waals surface area contributed by atoms with Gasteiger partial charge in [-0.2, -0.15) is 0 Å². The Morgan fingerprint density at radius 2 is 1.67 bits per heavy atom. The zero-order chi connectivity index (χ0) is 17.3. The van der Waals surface area contributed by atoms with Gasteiger partial charge in [0.2, 0.25) is 0 Å². The molecular formula is C16H14ClN3O2S2. The summed E-state index contributed by atoms with van der Waals surface area (Å²) in [7, 11) is -3.22. The van der Waals surface area contributed by atoms with E-state index in [1.165, 1.54) is 18.0 Å². The number of thioether (sulfide) groups is 1. The molecule has 0 aliphatic carbocycles. The van der Waals surface area contributed by atoms with Crippen molar-refractivity contribution in [3.05, 3.63) is 53.6 Å². The average Bonchev–Trinajstić information content (AvgIpc) is 2.99. The molecule has 2 aromatic carbocycles. The fraction of sp³-hybridized carbons (Fsp3) is 0.125. The van der Waals surface area contributed by atoms with Gasteiger partial charge < -0.3 is 0 Å². The van der Waals surface area contributed by atoms with E-state index in [1.807, 2.05) is 18.4 Å². The van der Waals surface area contributed by atoms with Gasteiger partial charge in [-0.25, -0.2) is 18.1 Å². The Morgan fingerprint density at radius 3 is 2.21 bits per heavy atom. The molecule has 124 valence electrons. The summed E-state index contributed by atoms with van der Waals surface area (Å²) in [6.45, 7) is 0. The largest absolute Gasteiger partial charge is 0.224 e. The van der Waals surface area contributed by atoms with Gasteiger partial charge in [-0.05, 0) is 54.8 Å². The van der Waals surface area contributed by atoms with E-state index in [1.54, 1.807) is 41.1 Å². The lowest BCUT2D eigenvalue weighted by atomic mass is 10.2. The first-order valence-electron chi connectivity index (χ1n) is 6.96. The number of hydrogen-bond donors (Lipinski definition) is 0. The summed E-state index contributed by atoms with van der Waals surface area (Å²) in [5.74, 6) is 0.586. The Kier molecular flexibility index (Phi) is 4.67. The zero-order valence-corrected chi connectivity index (χ0v) is 15.4. The van der Waals surface area contributed by atoms with Crippen molar-refractivity contribution in [1.29, 1.82) is 0 Å². The molecule has 0 amide bonds.